The molecule has 3 aromatic rings. The molecule has 0 aliphatic rings. The molecular formula is C16H17N3. The van der Waals surface area contributed by atoms with Crippen molar-refractivity contribution in [2.75, 3.05) is 11.9 Å². The van der Waals surface area contributed by atoms with Gasteiger partial charge in [-0.2, -0.15) is 0 Å². The van der Waals surface area contributed by atoms with Crippen LogP contribution in [-0.2, 0) is 6.42 Å². The molecule has 1 N–H and O–H groups in total. The summed E-state index contributed by atoms with van der Waals surface area (Å²) in [6.45, 7) is 2.97. The zero-order valence-corrected chi connectivity index (χ0v) is 11.0. The summed E-state index contributed by atoms with van der Waals surface area (Å²) in [7, 11) is 0. The van der Waals surface area contributed by atoms with Gasteiger partial charge in [-0.15, -0.1) is 0 Å². The van der Waals surface area contributed by atoms with Crippen molar-refractivity contribution in [3.05, 3.63) is 66.0 Å². The highest BCUT2D eigenvalue weighted by molar-refractivity contribution is 5.55. The van der Waals surface area contributed by atoms with E-state index in [2.05, 4.69) is 52.1 Å². The molecule has 0 atom stereocenters. The van der Waals surface area contributed by atoms with Crippen molar-refractivity contribution in [2.45, 2.75) is 13.3 Å². The molecule has 3 nitrogen and oxygen atoms in total. The van der Waals surface area contributed by atoms with E-state index in [1.165, 1.54) is 11.3 Å². The first-order chi connectivity index (χ1) is 9.38. The highest BCUT2D eigenvalue weighted by Gasteiger charge is 2.11. The lowest BCUT2D eigenvalue weighted by atomic mass is 10.1. The fourth-order valence-electron chi connectivity index (χ4n) is 2.31. The summed E-state index contributed by atoms with van der Waals surface area (Å²) >= 11 is 0. The first-order valence-corrected chi connectivity index (χ1v) is 6.62. The molecule has 96 valence electrons. The lowest BCUT2D eigenvalue weighted by Gasteiger charge is -2.06. The SMILES string of the molecule is CCNc1nc2ccccn2c1Cc1ccccc1. The molecule has 0 fully saturated rings. The molecule has 0 saturated heterocycles. The van der Waals surface area contributed by atoms with Gasteiger partial charge in [-0.1, -0.05) is 36.4 Å². The first-order valence-electron chi connectivity index (χ1n) is 6.62. The third-order valence-electron chi connectivity index (χ3n) is 3.19. The van der Waals surface area contributed by atoms with E-state index >= 15 is 0 Å². The summed E-state index contributed by atoms with van der Waals surface area (Å²) in [4.78, 5) is 4.65. The molecule has 0 spiro atoms. The molecular weight excluding hydrogens is 234 g/mol. The molecule has 0 radical (unpaired) electrons. The quantitative estimate of drug-likeness (QED) is 0.770. The predicted molar refractivity (Wildman–Crippen MR) is 78.6 cm³/mol. The molecule has 2 aromatic heterocycles. The van der Waals surface area contributed by atoms with Crippen LogP contribution in [0.4, 0.5) is 5.82 Å². The number of pyridine rings is 1. The van der Waals surface area contributed by atoms with Gasteiger partial charge >= 0.3 is 0 Å². The van der Waals surface area contributed by atoms with Gasteiger partial charge in [0.15, 0.2) is 0 Å². The van der Waals surface area contributed by atoms with E-state index in [9.17, 15) is 0 Å². The summed E-state index contributed by atoms with van der Waals surface area (Å²) in [5.74, 6) is 0.984. The van der Waals surface area contributed by atoms with Gasteiger partial charge in [0.2, 0.25) is 0 Å². The minimum absolute atomic E-state index is 0.881. The number of imidazole rings is 1. The maximum atomic E-state index is 4.65. The number of nitrogens with one attached hydrogen (secondary N) is 1. The van der Waals surface area contributed by atoms with Gasteiger partial charge in [-0.3, -0.25) is 0 Å². The maximum Gasteiger partial charge on any atom is 0.148 e. The Morgan fingerprint density at radius 2 is 1.84 bits per heavy atom. The molecule has 0 unspecified atom stereocenters. The number of fused-ring (bicyclic) bond motifs is 1. The highest BCUT2D eigenvalue weighted by Crippen LogP contribution is 2.20. The van der Waals surface area contributed by atoms with Crippen LogP contribution in [0, 0.1) is 0 Å². The van der Waals surface area contributed by atoms with Crippen LogP contribution in [0.2, 0.25) is 0 Å². The Labute approximate surface area is 112 Å². The maximum absolute atomic E-state index is 4.65. The van der Waals surface area contributed by atoms with E-state index in [4.69, 9.17) is 0 Å². The van der Waals surface area contributed by atoms with Crippen molar-refractivity contribution < 1.29 is 0 Å². The van der Waals surface area contributed by atoms with Crippen molar-refractivity contribution in [3.63, 3.8) is 0 Å². The number of benzene rings is 1. The van der Waals surface area contributed by atoms with Gasteiger partial charge in [0, 0.05) is 19.2 Å². The Morgan fingerprint density at radius 1 is 1.05 bits per heavy atom. The van der Waals surface area contributed by atoms with Crippen molar-refractivity contribution >= 4 is 11.5 Å². The average Bonchev–Trinajstić information content (AvgIpc) is 2.79. The molecule has 0 saturated carbocycles. The predicted octanol–water partition coefficient (Wildman–Crippen LogP) is 3.36. The third-order valence-corrected chi connectivity index (χ3v) is 3.19. The van der Waals surface area contributed by atoms with Crippen molar-refractivity contribution in [1.29, 1.82) is 0 Å². The second kappa shape index (κ2) is 5.14. The van der Waals surface area contributed by atoms with Gasteiger partial charge in [-0.25, -0.2) is 4.98 Å². The van der Waals surface area contributed by atoms with Crippen LogP contribution in [0.3, 0.4) is 0 Å². The second-order valence-electron chi connectivity index (χ2n) is 4.53. The minimum Gasteiger partial charge on any atom is -0.369 e. The zero-order chi connectivity index (χ0) is 13.1. The molecule has 0 aliphatic carbocycles. The molecule has 19 heavy (non-hydrogen) atoms. The Morgan fingerprint density at radius 3 is 2.63 bits per heavy atom. The molecule has 2 heterocycles. The van der Waals surface area contributed by atoms with Gasteiger partial charge < -0.3 is 9.72 Å². The molecule has 3 rings (SSSR count). The molecule has 1 aromatic carbocycles. The normalized spacial score (nSPS) is 10.8. The zero-order valence-electron chi connectivity index (χ0n) is 11.0. The van der Waals surface area contributed by atoms with E-state index in [1.54, 1.807) is 0 Å². The van der Waals surface area contributed by atoms with Crippen LogP contribution < -0.4 is 5.32 Å². The number of nitrogens with zero attached hydrogens (tertiary/aromatic N) is 2. The monoisotopic (exact) mass is 251 g/mol. The standard InChI is InChI=1S/C16H17N3/c1-2-17-16-14(12-13-8-4-3-5-9-13)19-11-7-6-10-15(19)18-16/h3-11,17H,2,12H2,1H3. The van der Waals surface area contributed by atoms with Gasteiger partial charge in [0.25, 0.3) is 0 Å². The molecule has 0 aliphatic heterocycles. The van der Waals surface area contributed by atoms with E-state index in [-0.39, 0.29) is 0 Å². The second-order valence-corrected chi connectivity index (χ2v) is 4.53. The summed E-state index contributed by atoms with van der Waals surface area (Å²) in [5.41, 5.74) is 3.50. The molecule has 0 bridgehead atoms. The average molecular weight is 251 g/mol. The van der Waals surface area contributed by atoms with E-state index in [0.717, 1.165) is 24.4 Å². The van der Waals surface area contributed by atoms with Gasteiger partial charge in [0.1, 0.15) is 11.5 Å². The van der Waals surface area contributed by atoms with E-state index < -0.39 is 0 Å². The Hall–Kier alpha value is -2.29. The van der Waals surface area contributed by atoms with Crippen LogP contribution in [-0.4, -0.2) is 15.9 Å². The first kappa shape index (κ1) is 11.8. The lowest BCUT2D eigenvalue weighted by molar-refractivity contribution is 1.02. The number of aromatic nitrogens is 2. The van der Waals surface area contributed by atoms with Crippen molar-refractivity contribution in [2.24, 2.45) is 0 Å². The summed E-state index contributed by atoms with van der Waals surface area (Å²) < 4.78 is 2.16. The molecule has 0 amide bonds. The van der Waals surface area contributed by atoms with Crippen LogP contribution in [0.1, 0.15) is 18.2 Å². The van der Waals surface area contributed by atoms with Crippen LogP contribution >= 0.6 is 0 Å². The smallest absolute Gasteiger partial charge is 0.148 e. The van der Waals surface area contributed by atoms with Crippen LogP contribution in [0.25, 0.3) is 5.65 Å². The lowest BCUT2D eigenvalue weighted by Crippen LogP contribution is -2.02. The Balaban J connectivity index is 2.07. The summed E-state index contributed by atoms with van der Waals surface area (Å²) in [6.07, 6.45) is 2.95. The van der Waals surface area contributed by atoms with Gasteiger partial charge in [0.05, 0.1) is 5.69 Å². The molecule has 3 heteroatoms. The summed E-state index contributed by atoms with van der Waals surface area (Å²) in [6, 6.07) is 16.6. The minimum atomic E-state index is 0.881. The topological polar surface area (TPSA) is 29.3 Å². The fourth-order valence-corrected chi connectivity index (χ4v) is 2.31. The largest absolute Gasteiger partial charge is 0.369 e. The number of hydrogen-bond acceptors (Lipinski definition) is 2. The number of anilines is 1. The highest BCUT2D eigenvalue weighted by atomic mass is 15.1. The number of rotatable bonds is 4. The van der Waals surface area contributed by atoms with Crippen LogP contribution in [0.5, 0.6) is 0 Å². The van der Waals surface area contributed by atoms with Gasteiger partial charge in [-0.05, 0) is 24.6 Å². The van der Waals surface area contributed by atoms with E-state index in [0.29, 0.717) is 0 Å². The fraction of sp³-hybridized carbons (Fsp3) is 0.188. The summed E-state index contributed by atoms with van der Waals surface area (Å²) in [5, 5.41) is 3.35. The van der Waals surface area contributed by atoms with Crippen molar-refractivity contribution in [1.82, 2.24) is 9.38 Å². The number of hydrogen-bond donors (Lipinski definition) is 1. The third kappa shape index (κ3) is 2.32. The van der Waals surface area contributed by atoms with Crippen LogP contribution in [0.15, 0.2) is 54.7 Å². The van der Waals surface area contributed by atoms with E-state index in [1.807, 2.05) is 24.3 Å². The Kier molecular flexibility index (Phi) is 3.19. The van der Waals surface area contributed by atoms with Crippen molar-refractivity contribution in [3.8, 4) is 0 Å². The Bertz CT molecular complexity index is 671.